The Balaban J connectivity index is 1.24. The number of benzene rings is 2. The Bertz CT molecular complexity index is 1550. The van der Waals surface area contributed by atoms with E-state index in [-0.39, 0.29) is 5.91 Å². The van der Waals surface area contributed by atoms with Gasteiger partial charge in [-0.1, -0.05) is 12.1 Å². The molecule has 2 saturated heterocycles. The van der Waals surface area contributed by atoms with Gasteiger partial charge in [-0.05, 0) is 73.9 Å². The molecule has 0 radical (unpaired) electrons. The Morgan fingerprint density at radius 2 is 1.82 bits per heavy atom. The maximum Gasteiger partial charge on any atom is 0.257 e. The van der Waals surface area contributed by atoms with E-state index in [2.05, 4.69) is 20.9 Å². The van der Waals surface area contributed by atoms with Crippen molar-refractivity contribution in [2.75, 3.05) is 38.2 Å². The van der Waals surface area contributed by atoms with Crippen molar-refractivity contribution in [2.24, 2.45) is 0 Å². The summed E-state index contributed by atoms with van der Waals surface area (Å²) in [5.74, 6) is 2.61. The summed E-state index contributed by atoms with van der Waals surface area (Å²) < 4.78 is 5.65. The zero-order valence-electron chi connectivity index (χ0n) is 22.4. The molecule has 2 aromatic heterocycles. The Morgan fingerprint density at radius 1 is 1.08 bits per heavy atom. The Kier molecular flexibility index (Phi) is 6.65. The summed E-state index contributed by atoms with van der Waals surface area (Å²) in [5.41, 5.74) is 6.05. The van der Waals surface area contributed by atoms with Gasteiger partial charge in [-0.15, -0.1) is 0 Å². The van der Waals surface area contributed by atoms with Crippen LogP contribution in [0.5, 0.6) is 5.75 Å². The van der Waals surface area contributed by atoms with Crippen LogP contribution in [0.3, 0.4) is 0 Å². The third-order valence-corrected chi connectivity index (χ3v) is 8.11. The number of H-pyrrole nitrogens is 1. The highest BCUT2D eigenvalue weighted by molar-refractivity contribution is 5.98. The number of methoxy groups -OCH3 is 1. The van der Waals surface area contributed by atoms with E-state index in [0.29, 0.717) is 35.9 Å². The van der Waals surface area contributed by atoms with E-state index in [1.807, 2.05) is 60.5 Å². The number of likely N-dealkylation sites (tertiary alicyclic amines) is 1. The van der Waals surface area contributed by atoms with Crippen molar-refractivity contribution in [2.45, 2.75) is 38.5 Å². The number of imidazole rings is 1. The number of pyridine rings is 1. The second-order valence-electron chi connectivity index (χ2n) is 10.5. The van der Waals surface area contributed by atoms with E-state index < -0.39 is 0 Å². The van der Waals surface area contributed by atoms with Gasteiger partial charge in [-0.2, -0.15) is 5.26 Å². The van der Waals surface area contributed by atoms with Crippen LogP contribution in [0.4, 0.5) is 5.82 Å². The van der Waals surface area contributed by atoms with Crippen LogP contribution in [-0.2, 0) is 0 Å². The number of hydrogen-bond donors (Lipinski definition) is 1. The second-order valence-corrected chi connectivity index (χ2v) is 10.5. The molecule has 0 saturated carbocycles. The molecular formula is C31H32N6O2. The minimum atomic E-state index is -0.0273. The topological polar surface area (TPSA) is 98.1 Å². The molecule has 2 fully saturated rings. The Hall–Kier alpha value is -4.38. The van der Waals surface area contributed by atoms with Crippen LogP contribution < -0.4 is 9.64 Å². The average molecular weight is 521 g/mol. The van der Waals surface area contributed by atoms with Gasteiger partial charge in [-0.3, -0.25) is 4.79 Å². The smallest absolute Gasteiger partial charge is 0.257 e. The third-order valence-electron chi connectivity index (χ3n) is 8.11. The summed E-state index contributed by atoms with van der Waals surface area (Å²) in [7, 11) is 1.61. The number of rotatable bonds is 5. The van der Waals surface area contributed by atoms with E-state index in [0.717, 1.165) is 59.7 Å². The molecule has 39 heavy (non-hydrogen) atoms. The van der Waals surface area contributed by atoms with Gasteiger partial charge >= 0.3 is 0 Å². The SMILES string of the molecule is COc1cc(C)c(-c2nc3cc(N4CCCC4)ncc3[nH]2)cc1C(=O)N1CCC(c2ccc(C#N)cc2)CC1. The first kappa shape index (κ1) is 24.9. The zero-order valence-corrected chi connectivity index (χ0v) is 22.4. The van der Waals surface area contributed by atoms with Crippen molar-refractivity contribution in [1.29, 1.82) is 5.26 Å². The van der Waals surface area contributed by atoms with Crippen LogP contribution in [0.25, 0.3) is 22.4 Å². The number of aryl methyl sites for hydroxylation is 1. The number of aromatic nitrogens is 3. The van der Waals surface area contributed by atoms with Crippen molar-refractivity contribution in [1.82, 2.24) is 19.9 Å². The molecular weight excluding hydrogens is 488 g/mol. The van der Waals surface area contributed by atoms with E-state index >= 15 is 0 Å². The minimum absolute atomic E-state index is 0.0273. The summed E-state index contributed by atoms with van der Waals surface area (Å²) in [6, 6.07) is 15.9. The molecule has 2 aromatic carbocycles. The lowest BCUT2D eigenvalue weighted by Gasteiger charge is -2.32. The molecule has 2 aliphatic rings. The number of hydrogen-bond acceptors (Lipinski definition) is 6. The van der Waals surface area contributed by atoms with Crippen LogP contribution in [0, 0.1) is 18.3 Å². The number of amides is 1. The molecule has 4 heterocycles. The Morgan fingerprint density at radius 3 is 2.51 bits per heavy atom. The number of carbonyl (C=O) groups excluding carboxylic acids is 1. The molecule has 8 heteroatoms. The molecule has 0 aliphatic carbocycles. The van der Waals surface area contributed by atoms with Crippen LogP contribution in [0.15, 0.2) is 48.7 Å². The van der Waals surface area contributed by atoms with Crippen molar-refractivity contribution in [3.8, 4) is 23.2 Å². The molecule has 8 nitrogen and oxygen atoms in total. The fraction of sp³-hybridized carbons (Fsp3) is 0.355. The molecule has 6 rings (SSSR count). The van der Waals surface area contributed by atoms with Gasteiger partial charge in [0.2, 0.25) is 0 Å². The maximum atomic E-state index is 13.7. The first-order valence-corrected chi connectivity index (χ1v) is 13.6. The monoisotopic (exact) mass is 520 g/mol. The molecule has 198 valence electrons. The van der Waals surface area contributed by atoms with Crippen LogP contribution in [0.2, 0.25) is 0 Å². The molecule has 0 unspecified atom stereocenters. The molecule has 4 aromatic rings. The largest absolute Gasteiger partial charge is 0.496 e. The van der Waals surface area contributed by atoms with Crippen LogP contribution in [-0.4, -0.2) is 59.0 Å². The van der Waals surface area contributed by atoms with Crippen molar-refractivity contribution in [3.05, 3.63) is 70.9 Å². The lowest BCUT2D eigenvalue weighted by molar-refractivity contribution is 0.0709. The Labute approximate surface area is 228 Å². The van der Waals surface area contributed by atoms with E-state index in [1.54, 1.807) is 7.11 Å². The van der Waals surface area contributed by atoms with E-state index in [1.165, 1.54) is 18.4 Å². The normalized spacial score (nSPS) is 16.0. The number of carbonyl (C=O) groups is 1. The predicted octanol–water partition coefficient (Wildman–Crippen LogP) is 5.43. The number of ether oxygens (including phenoxy) is 1. The van der Waals surface area contributed by atoms with Gasteiger partial charge in [0.05, 0.1) is 41.5 Å². The lowest BCUT2D eigenvalue weighted by Crippen LogP contribution is -2.38. The molecule has 1 amide bonds. The fourth-order valence-electron chi connectivity index (χ4n) is 5.83. The van der Waals surface area contributed by atoms with E-state index in [4.69, 9.17) is 15.0 Å². The van der Waals surface area contributed by atoms with Crippen LogP contribution >= 0.6 is 0 Å². The summed E-state index contributed by atoms with van der Waals surface area (Å²) in [5, 5.41) is 9.07. The summed E-state index contributed by atoms with van der Waals surface area (Å²) in [6.45, 7) is 5.42. The fourth-order valence-corrected chi connectivity index (χ4v) is 5.83. The quantitative estimate of drug-likeness (QED) is 0.377. The van der Waals surface area contributed by atoms with Gasteiger partial charge in [0.25, 0.3) is 5.91 Å². The number of anilines is 1. The summed E-state index contributed by atoms with van der Waals surface area (Å²) in [4.78, 5) is 30.9. The number of aromatic amines is 1. The third kappa shape index (κ3) is 4.81. The predicted molar refractivity (Wildman–Crippen MR) is 151 cm³/mol. The highest BCUT2D eigenvalue weighted by Crippen LogP contribution is 2.34. The number of nitriles is 1. The number of piperidine rings is 1. The van der Waals surface area contributed by atoms with Gasteiger partial charge in [0, 0.05) is 37.8 Å². The number of fused-ring (bicyclic) bond motifs is 1. The standard InChI is InChI=1S/C31H32N6O2/c1-20-15-28(39-2)25(31(38)37-13-9-23(10-14-37)22-7-5-21(18-32)6-8-22)16-24(20)30-34-26-17-29(33-19-27(26)35-30)36-11-3-4-12-36/h5-8,15-17,19,23H,3-4,9-14H2,1-2H3,(H,34,35). The van der Waals surface area contributed by atoms with Crippen molar-refractivity contribution in [3.63, 3.8) is 0 Å². The van der Waals surface area contributed by atoms with Crippen LogP contribution in [0.1, 0.15) is 58.6 Å². The average Bonchev–Trinajstić information content (AvgIpc) is 3.67. The molecule has 1 N–H and O–H groups in total. The molecule has 0 bridgehead atoms. The highest BCUT2D eigenvalue weighted by Gasteiger charge is 2.27. The number of nitrogens with one attached hydrogen (secondary N) is 1. The molecule has 0 atom stereocenters. The minimum Gasteiger partial charge on any atom is -0.496 e. The number of nitrogens with zero attached hydrogens (tertiary/aromatic N) is 5. The first-order chi connectivity index (χ1) is 19.0. The van der Waals surface area contributed by atoms with E-state index in [9.17, 15) is 4.79 Å². The van der Waals surface area contributed by atoms with Gasteiger partial charge < -0.3 is 19.5 Å². The summed E-state index contributed by atoms with van der Waals surface area (Å²) >= 11 is 0. The van der Waals surface area contributed by atoms with Crippen molar-refractivity contribution >= 4 is 22.8 Å². The zero-order chi connectivity index (χ0) is 26.9. The molecule has 0 spiro atoms. The maximum absolute atomic E-state index is 13.7. The lowest BCUT2D eigenvalue weighted by atomic mass is 9.88. The van der Waals surface area contributed by atoms with Gasteiger partial charge in [0.15, 0.2) is 0 Å². The highest BCUT2D eigenvalue weighted by atomic mass is 16.5. The van der Waals surface area contributed by atoms with Gasteiger partial charge in [0.1, 0.15) is 17.4 Å². The second kappa shape index (κ2) is 10.4. The van der Waals surface area contributed by atoms with Gasteiger partial charge in [-0.25, -0.2) is 9.97 Å². The molecule has 2 aliphatic heterocycles. The van der Waals surface area contributed by atoms with Crippen molar-refractivity contribution < 1.29 is 9.53 Å². The first-order valence-electron chi connectivity index (χ1n) is 13.6. The summed E-state index contributed by atoms with van der Waals surface area (Å²) in [6.07, 6.45) is 6.01.